The highest BCUT2D eigenvalue weighted by atomic mass is 16.3. The van der Waals surface area contributed by atoms with Crippen LogP contribution in [0.4, 0.5) is 0 Å². The Bertz CT molecular complexity index is 336. The van der Waals surface area contributed by atoms with Gasteiger partial charge in [-0.3, -0.25) is 4.68 Å². The van der Waals surface area contributed by atoms with E-state index in [1.54, 1.807) is 4.68 Å². The zero-order chi connectivity index (χ0) is 10.9. The zero-order valence-electron chi connectivity index (χ0n) is 9.40. The number of rotatable bonds is 2. The molecule has 2 unspecified atom stereocenters. The highest BCUT2D eigenvalue weighted by molar-refractivity contribution is 5.14. The van der Waals surface area contributed by atoms with Crippen molar-refractivity contribution in [3.05, 3.63) is 18.0 Å². The number of aromatic nitrogens is 2. The molecule has 1 aliphatic heterocycles. The lowest BCUT2D eigenvalue weighted by Crippen LogP contribution is -2.48. The van der Waals surface area contributed by atoms with Crippen LogP contribution in [0.2, 0.25) is 0 Å². The third kappa shape index (κ3) is 1.79. The Hall–Kier alpha value is -0.870. The van der Waals surface area contributed by atoms with Crippen LogP contribution in [-0.2, 0) is 12.6 Å². The van der Waals surface area contributed by atoms with Gasteiger partial charge >= 0.3 is 0 Å². The average molecular weight is 209 g/mol. The molecule has 0 amide bonds. The largest absolute Gasteiger partial charge is 0.383 e. The fourth-order valence-corrected chi connectivity index (χ4v) is 2.39. The summed E-state index contributed by atoms with van der Waals surface area (Å²) in [4.78, 5) is 0. The van der Waals surface area contributed by atoms with E-state index in [0.29, 0.717) is 0 Å². The molecule has 0 bridgehead atoms. The summed E-state index contributed by atoms with van der Waals surface area (Å²) in [6.45, 7) is 3.86. The SMILES string of the molecule is CCC1CNCCC1(O)c1ccn(C)n1. The molecule has 1 saturated heterocycles. The lowest BCUT2D eigenvalue weighted by atomic mass is 9.78. The molecule has 0 spiro atoms. The van der Waals surface area contributed by atoms with Gasteiger partial charge in [0.25, 0.3) is 0 Å². The second kappa shape index (κ2) is 3.94. The standard InChI is InChI=1S/C11H19N3O/c1-3-9-8-12-6-5-11(9,15)10-4-7-14(2)13-10/h4,7,9,12,15H,3,5-6,8H2,1-2H3. The summed E-state index contributed by atoms with van der Waals surface area (Å²) >= 11 is 0. The Balaban J connectivity index is 2.29. The van der Waals surface area contributed by atoms with E-state index in [1.807, 2.05) is 19.3 Å². The molecule has 2 N–H and O–H groups in total. The molecule has 4 nitrogen and oxygen atoms in total. The van der Waals surface area contributed by atoms with Crippen molar-refractivity contribution in [1.29, 1.82) is 0 Å². The van der Waals surface area contributed by atoms with Crippen molar-refractivity contribution in [1.82, 2.24) is 15.1 Å². The molecule has 15 heavy (non-hydrogen) atoms. The van der Waals surface area contributed by atoms with Gasteiger partial charge in [0.2, 0.25) is 0 Å². The van der Waals surface area contributed by atoms with Crippen molar-refractivity contribution in [2.75, 3.05) is 13.1 Å². The van der Waals surface area contributed by atoms with E-state index >= 15 is 0 Å². The van der Waals surface area contributed by atoms with E-state index in [2.05, 4.69) is 17.3 Å². The normalized spacial score (nSPS) is 31.8. The predicted octanol–water partition coefficient (Wildman–Crippen LogP) is 0.627. The first-order chi connectivity index (χ1) is 7.16. The van der Waals surface area contributed by atoms with Crippen molar-refractivity contribution >= 4 is 0 Å². The maximum atomic E-state index is 10.7. The Morgan fingerprint density at radius 1 is 1.73 bits per heavy atom. The monoisotopic (exact) mass is 209 g/mol. The lowest BCUT2D eigenvalue weighted by Gasteiger charge is -2.38. The molecule has 1 fully saturated rings. The summed E-state index contributed by atoms with van der Waals surface area (Å²) < 4.78 is 1.75. The minimum atomic E-state index is -0.735. The zero-order valence-corrected chi connectivity index (χ0v) is 9.40. The molecule has 0 radical (unpaired) electrons. The number of aryl methyl sites for hydroxylation is 1. The lowest BCUT2D eigenvalue weighted by molar-refractivity contribution is -0.0517. The van der Waals surface area contributed by atoms with Crippen LogP contribution in [0, 0.1) is 5.92 Å². The second-order valence-electron chi connectivity index (χ2n) is 4.36. The summed E-state index contributed by atoms with van der Waals surface area (Å²) in [6, 6.07) is 1.92. The van der Waals surface area contributed by atoms with Crippen LogP contribution in [0.5, 0.6) is 0 Å². The van der Waals surface area contributed by atoms with E-state index in [1.165, 1.54) is 0 Å². The number of hydrogen-bond donors (Lipinski definition) is 2. The molecule has 2 atom stereocenters. The van der Waals surface area contributed by atoms with Crippen molar-refractivity contribution in [2.45, 2.75) is 25.4 Å². The van der Waals surface area contributed by atoms with E-state index < -0.39 is 5.60 Å². The summed E-state index contributed by atoms with van der Waals surface area (Å²) in [5.41, 5.74) is 0.0831. The number of nitrogens with zero attached hydrogens (tertiary/aromatic N) is 2. The average Bonchev–Trinajstić information content (AvgIpc) is 2.66. The van der Waals surface area contributed by atoms with Gasteiger partial charge in [-0.15, -0.1) is 0 Å². The fraction of sp³-hybridized carbons (Fsp3) is 0.727. The second-order valence-corrected chi connectivity index (χ2v) is 4.36. The maximum Gasteiger partial charge on any atom is 0.114 e. The fourth-order valence-electron chi connectivity index (χ4n) is 2.39. The highest BCUT2D eigenvalue weighted by Gasteiger charge is 2.41. The van der Waals surface area contributed by atoms with E-state index in [4.69, 9.17) is 0 Å². The topological polar surface area (TPSA) is 50.1 Å². The molecule has 4 heteroatoms. The first-order valence-electron chi connectivity index (χ1n) is 5.60. The quantitative estimate of drug-likeness (QED) is 0.751. The minimum Gasteiger partial charge on any atom is -0.383 e. The molecule has 1 aromatic rings. The third-order valence-electron chi connectivity index (χ3n) is 3.40. The number of hydrogen-bond acceptors (Lipinski definition) is 3. The Labute approximate surface area is 90.3 Å². The minimum absolute atomic E-state index is 0.265. The van der Waals surface area contributed by atoms with Gasteiger partial charge in [0.05, 0.1) is 5.69 Å². The number of piperidine rings is 1. The third-order valence-corrected chi connectivity index (χ3v) is 3.40. The van der Waals surface area contributed by atoms with Crippen LogP contribution < -0.4 is 5.32 Å². The molecule has 2 heterocycles. The van der Waals surface area contributed by atoms with Crippen LogP contribution in [0.1, 0.15) is 25.5 Å². The molecule has 0 saturated carbocycles. The van der Waals surface area contributed by atoms with Gasteiger partial charge in [0.1, 0.15) is 5.60 Å². The predicted molar refractivity (Wildman–Crippen MR) is 58.4 cm³/mol. The molecular formula is C11H19N3O. The number of aliphatic hydroxyl groups is 1. The highest BCUT2D eigenvalue weighted by Crippen LogP contribution is 2.35. The van der Waals surface area contributed by atoms with Gasteiger partial charge in [-0.1, -0.05) is 6.92 Å². The molecular weight excluding hydrogens is 190 g/mol. The molecule has 1 aromatic heterocycles. The van der Waals surface area contributed by atoms with Crippen LogP contribution in [0.3, 0.4) is 0 Å². The molecule has 0 aliphatic carbocycles. The summed E-state index contributed by atoms with van der Waals surface area (Å²) in [5.74, 6) is 0.265. The van der Waals surface area contributed by atoms with Crippen molar-refractivity contribution in [2.24, 2.45) is 13.0 Å². The van der Waals surface area contributed by atoms with Crippen LogP contribution >= 0.6 is 0 Å². The van der Waals surface area contributed by atoms with E-state index in [-0.39, 0.29) is 5.92 Å². The first kappa shape index (κ1) is 10.6. The van der Waals surface area contributed by atoms with E-state index in [0.717, 1.165) is 31.6 Å². The van der Waals surface area contributed by atoms with Crippen LogP contribution in [0.15, 0.2) is 12.3 Å². The van der Waals surface area contributed by atoms with Gasteiger partial charge in [0, 0.05) is 25.7 Å². The van der Waals surface area contributed by atoms with Crippen molar-refractivity contribution in [3.8, 4) is 0 Å². The summed E-state index contributed by atoms with van der Waals surface area (Å²) in [7, 11) is 1.88. The summed E-state index contributed by atoms with van der Waals surface area (Å²) in [6.07, 6.45) is 3.62. The van der Waals surface area contributed by atoms with Gasteiger partial charge < -0.3 is 10.4 Å². The smallest absolute Gasteiger partial charge is 0.114 e. The van der Waals surface area contributed by atoms with Gasteiger partial charge in [-0.25, -0.2) is 0 Å². The first-order valence-corrected chi connectivity index (χ1v) is 5.60. The molecule has 2 rings (SSSR count). The van der Waals surface area contributed by atoms with Crippen LogP contribution in [0.25, 0.3) is 0 Å². The van der Waals surface area contributed by atoms with Crippen molar-refractivity contribution in [3.63, 3.8) is 0 Å². The molecule has 1 aliphatic rings. The van der Waals surface area contributed by atoms with Gasteiger partial charge in [-0.2, -0.15) is 5.10 Å². The van der Waals surface area contributed by atoms with E-state index in [9.17, 15) is 5.11 Å². The maximum absolute atomic E-state index is 10.7. The Morgan fingerprint density at radius 3 is 3.13 bits per heavy atom. The van der Waals surface area contributed by atoms with Crippen LogP contribution in [-0.4, -0.2) is 28.0 Å². The Kier molecular flexibility index (Phi) is 2.80. The number of nitrogens with one attached hydrogen (secondary N) is 1. The summed E-state index contributed by atoms with van der Waals surface area (Å²) in [5, 5.41) is 18.4. The van der Waals surface area contributed by atoms with Crippen molar-refractivity contribution < 1.29 is 5.11 Å². The molecule has 84 valence electrons. The van der Waals surface area contributed by atoms with Gasteiger partial charge in [-0.05, 0) is 25.5 Å². The van der Waals surface area contributed by atoms with Gasteiger partial charge in [0.15, 0.2) is 0 Å². The molecule has 0 aromatic carbocycles. The Morgan fingerprint density at radius 2 is 2.53 bits per heavy atom.